The van der Waals surface area contributed by atoms with Gasteiger partial charge >= 0.3 is 0 Å². The summed E-state index contributed by atoms with van der Waals surface area (Å²) in [4.78, 5) is 12.5. The molecular formula is C16H26ClNO. The highest BCUT2D eigenvalue weighted by atomic mass is 35.5. The summed E-state index contributed by atoms with van der Waals surface area (Å²) >= 11 is 6.04. The second kappa shape index (κ2) is 5.63. The van der Waals surface area contributed by atoms with Gasteiger partial charge in [-0.1, -0.05) is 25.7 Å². The van der Waals surface area contributed by atoms with E-state index in [1.165, 1.54) is 38.5 Å². The van der Waals surface area contributed by atoms with Crippen molar-refractivity contribution in [3.63, 3.8) is 0 Å². The van der Waals surface area contributed by atoms with Crippen LogP contribution in [0.25, 0.3) is 0 Å². The molecule has 3 aliphatic carbocycles. The Morgan fingerprint density at radius 3 is 2.42 bits per heavy atom. The lowest BCUT2D eigenvalue weighted by atomic mass is 9.67. The molecule has 3 fully saturated rings. The van der Waals surface area contributed by atoms with Crippen molar-refractivity contribution in [3.05, 3.63) is 0 Å². The van der Waals surface area contributed by atoms with E-state index in [1.807, 2.05) is 0 Å². The number of rotatable bonds is 3. The molecular weight excluding hydrogens is 258 g/mol. The fourth-order valence-electron chi connectivity index (χ4n) is 4.37. The van der Waals surface area contributed by atoms with Crippen LogP contribution < -0.4 is 5.32 Å². The summed E-state index contributed by atoms with van der Waals surface area (Å²) in [6.07, 6.45) is 12.4. The predicted molar refractivity (Wildman–Crippen MR) is 78.2 cm³/mol. The summed E-state index contributed by atoms with van der Waals surface area (Å²) in [5.74, 6) is 2.89. The molecule has 0 aromatic heterocycles. The van der Waals surface area contributed by atoms with E-state index in [-0.39, 0.29) is 11.5 Å². The number of hydrogen-bond donors (Lipinski definition) is 1. The molecule has 3 atom stereocenters. The van der Waals surface area contributed by atoms with Gasteiger partial charge in [0, 0.05) is 11.8 Å². The first-order chi connectivity index (χ1) is 9.22. The molecule has 0 aromatic carbocycles. The second-order valence-corrected chi connectivity index (χ2v) is 7.34. The summed E-state index contributed by atoms with van der Waals surface area (Å²) in [6, 6.07) is 0. The van der Waals surface area contributed by atoms with Crippen LogP contribution >= 0.6 is 11.6 Å². The molecule has 0 radical (unpaired) electrons. The minimum atomic E-state index is -0.0535. The topological polar surface area (TPSA) is 29.1 Å². The summed E-state index contributed by atoms with van der Waals surface area (Å²) in [6.45, 7) is 0. The molecule has 0 aliphatic heterocycles. The quantitative estimate of drug-likeness (QED) is 0.783. The number of amides is 1. The first-order valence-corrected chi connectivity index (χ1v) is 8.64. The van der Waals surface area contributed by atoms with Gasteiger partial charge in [0.25, 0.3) is 0 Å². The predicted octanol–water partition coefficient (Wildman–Crippen LogP) is 3.87. The molecule has 0 heterocycles. The van der Waals surface area contributed by atoms with Gasteiger partial charge in [-0.15, -0.1) is 11.6 Å². The van der Waals surface area contributed by atoms with Gasteiger partial charge in [-0.05, 0) is 50.4 Å². The second-order valence-electron chi connectivity index (χ2n) is 7.07. The third-order valence-electron chi connectivity index (χ3n) is 5.87. The van der Waals surface area contributed by atoms with Gasteiger partial charge in [0.2, 0.25) is 5.91 Å². The molecule has 0 spiro atoms. The Bertz CT molecular complexity index is 334. The van der Waals surface area contributed by atoms with E-state index in [1.54, 1.807) is 0 Å². The summed E-state index contributed by atoms with van der Waals surface area (Å²) in [5, 5.41) is 3.27. The number of hydrogen-bond acceptors (Lipinski definition) is 1. The molecule has 3 unspecified atom stereocenters. The van der Waals surface area contributed by atoms with Gasteiger partial charge < -0.3 is 5.32 Å². The van der Waals surface area contributed by atoms with Gasteiger partial charge in [0.05, 0.1) is 5.54 Å². The minimum absolute atomic E-state index is 0.0535. The maximum Gasteiger partial charge on any atom is 0.223 e. The molecule has 3 saturated carbocycles. The molecule has 0 aromatic rings. The van der Waals surface area contributed by atoms with Crippen molar-refractivity contribution in [1.82, 2.24) is 5.32 Å². The molecule has 3 aliphatic rings. The molecule has 108 valence electrons. The molecule has 0 bridgehead atoms. The summed E-state index contributed by atoms with van der Waals surface area (Å²) < 4.78 is 0. The maximum absolute atomic E-state index is 12.5. The minimum Gasteiger partial charge on any atom is -0.349 e. The van der Waals surface area contributed by atoms with Crippen LogP contribution in [0.2, 0.25) is 0 Å². The molecule has 19 heavy (non-hydrogen) atoms. The smallest absolute Gasteiger partial charge is 0.223 e. The lowest BCUT2D eigenvalue weighted by molar-refractivity contribution is -0.130. The SMILES string of the molecule is O=C(NC1(CCl)CCC1)C1CCC2CCCCC2C1. The zero-order chi connectivity index (χ0) is 13.3. The molecule has 0 saturated heterocycles. The molecule has 3 heteroatoms. The first-order valence-electron chi connectivity index (χ1n) is 8.10. The van der Waals surface area contributed by atoms with Crippen LogP contribution in [-0.4, -0.2) is 17.3 Å². The normalized spacial score (nSPS) is 37.0. The van der Waals surface area contributed by atoms with E-state index < -0.39 is 0 Å². The van der Waals surface area contributed by atoms with Gasteiger partial charge in [0.1, 0.15) is 0 Å². The standard InChI is InChI=1S/C16H26ClNO/c17-11-16(8-3-9-16)18-15(19)14-7-6-12-4-1-2-5-13(12)10-14/h12-14H,1-11H2,(H,18,19). The zero-order valence-electron chi connectivity index (χ0n) is 11.8. The monoisotopic (exact) mass is 283 g/mol. The van der Waals surface area contributed by atoms with Gasteiger partial charge in [0.15, 0.2) is 0 Å². The highest BCUT2D eigenvalue weighted by Crippen LogP contribution is 2.43. The van der Waals surface area contributed by atoms with E-state index in [0.29, 0.717) is 11.8 Å². The highest BCUT2D eigenvalue weighted by Gasteiger charge is 2.41. The fourth-order valence-corrected chi connectivity index (χ4v) is 4.70. The average Bonchev–Trinajstić information content (AvgIpc) is 2.42. The van der Waals surface area contributed by atoms with E-state index >= 15 is 0 Å². The van der Waals surface area contributed by atoms with Gasteiger partial charge in [-0.2, -0.15) is 0 Å². The first kappa shape index (κ1) is 13.7. The van der Waals surface area contributed by atoms with Crippen LogP contribution in [0, 0.1) is 17.8 Å². The lowest BCUT2D eigenvalue weighted by Gasteiger charge is -2.44. The van der Waals surface area contributed by atoms with E-state index in [2.05, 4.69) is 5.32 Å². The number of carbonyl (C=O) groups is 1. The number of carbonyl (C=O) groups excluding carboxylic acids is 1. The average molecular weight is 284 g/mol. The third-order valence-corrected chi connectivity index (χ3v) is 6.38. The molecule has 2 nitrogen and oxygen atoms in total. The Labute approximate surface area is 121 Å². The highest BCUT2D eigenvalue weighted by molar-refractivity contribution is 6.18. The van der Waals surface area contributed by atoms with Crippen molar-refractivity contribution >= 4 is 17.5 Å². The molecule has 1 amide bonds. The molecule has 3 rings (SSSR count). The van der Waals surface area contributed by atoms with Crippen LogP contribution in [0.4, 0.5) is 0 Å². The van der Waals surface area contributed by atoms with E-state index in [0.717, 1.165) is 37.5 Å². The largest absolute Gasteiger partial charge is 0.349 e. The van der Waals surface area contributed by atoms with E-state index in [9.17, 15) is 4.79 Å². The lowest BCUT2D eigenvalue weighted by Crippen LogP contribution is -2.56. The maximum atomic E-state index is 12.5. The Morgan fingerprint density at radius 1 is 1.05 bits per heavy atom. The number of alkyl halides is 1. The molecule has 1 N–H and O–H groups in total. The van der Waals surface area contributed by atoms with Crippen LogP contribution in [0.1, 0.15) is 64.2 Å². The van der Waals surface area contributed by atoms with E-state index in [4.69, 9.17) is 11.6 Å². The third kappa shape index (κ3) is 2.79. The Morgan fingerprint density at radius 2 is 1.79 bits per heavy atom. The van der Waals surface area contributed by atoms with Crippen molar-refractivity contribution in [2.24, 2.45) is 17.8 Å². The van der Waals surface area contributed by atoms with Gasteiger partial charge in [-0.3, -0.25) is 4.79 Å². The van der Waals surface area contributed by atoms with Crippen molar-refractivity contribution < 1.29 is 4.79 Å². The van der Waals surface area contributed by atoms with Crippen molar-refractivity contribution in [1.29, 1.82) is 0 Å². The fraction of sp³-hybridized carbons (Fsp3) is 0.938. The zero-order valence-corrected chi connectivity index (χ0v) is 12.6. The summed E-state index contributed by atoms with van der Waals surface area (Å²) in [5.41, 5.74) is -0.0535. The van der Waals surface area contributed by atoms with Crippen LogP contribution in [-0.2, 0) is 4.79 Å². The number of halogens is 1. The van der Waals surface area contributed by atoms with Crippen molar-refractivity contribution in [3.8, 4) is 0 Å². The van der Waals surface area contributed by atoms with Gasteiger partial charge in [-0.25, -0.2) is 0 Å². The number of fused-ring (bicyclic) bond motifs is 1. The van der Waals surface area contributed by atoms with Crippen LogP contribution in [0.3, 0.4) is 0 Å². The van der Waals surface area contributed by atoms with Crippen molar-refractivity contribution in [2.75, 3.05) is 5.88 Å². The number of nitrogens with one attached hydrogen (secondary N) is 1. The Hall–Kier alpha value is -0.240. The Kier molecular flexibility index (Phi) is 4.07. The van der Waals surface area contributed by atoms with Crippen LogP contribution in [0.15, 0.2) is 0 Å². The Balaban J connectivity index is 1.55. The van der Waals surface area contributed by atoms with Crippen molar-refractivity contribution in [2.45, 2.75) is 69.7 Å². The summed E-state index contributed by atoms with van der Waals surface area (Å²) in [7, 11) is 0. The van der Waals surface area contributed by atoms with Crippen LogP contribution in [0.5, 0.6) is 0 Å².